The van der Waals surface area contributed by atoms with Crippen LogP contribution in [0.4, 0.5) is 0 Å². The smallest absolute Gasteiger partial charge is 0.312 e. The van der Waals surface area contributed by atoms with Crippen molar-refractivity contribution in [3.8, 4) is 28.7 Å². The van der Waals surface area contributed by atoms with Gasteiger partial charge >= 0.3 is 5.97 Å². The van der Waals surface area contributed by atoms with E-state index < -0.39 is 0 Å². The maximum absolute atomic E-state index is 13.4. The summed E-state index contributed by atoms with van der Waals surface area (Å²) in [6.45, 7) is 4.27. The van der Waals surface area contributed by atoms with Gasteiger partial charge in [-0.05, 0) is 41.3 Å². The van der Waals surface area contributed by atoms with Crippen LogP contribution in [-0.4, -0.2) is 33.1 Å². The molecule has 0 saturated carbocycles. The van der Waals surface area contributed by atoms with Crippen LogP contribution >= 0.6 is 0 Å². The molecule has 3 aromatic carbocycles. The van der Waals surface area contributed by atoms with E-state index in [1.165, 1.54) is 19.8 Å². The first-order valence-corrected chi connectivity index (χ1v) is 12.1. The number of allylic oxidation sites excluding steroid dienone is 1. The Bertz CT molecular complexity index is 1420. The third-order valence-corrected chi connectivity index (χ3v) is 6.81. The standard InChI is InChI=1S/C30H28O7/c1-16(2)17-6-8-18(9-7-17)21-14-27(31)36-22-11-10-20-29(32)26(37-30(20)28(21)22)13-19-12-24(34-4)25(35-5)15-23(19)33-3/h6-13,15-16,21H,14H2,1-5H3/b26-13+/t21-/m0/s1. The molecule has 0 amide bonds. The molecule has 0 unspecified atom stereocenters. The second-order valence-corrected chi connectivity index (χ2v) is 9.30. The van der Waals surface area contributed by atoms with Crippen molar-refractivity contribution in [2.24, 2.45) is 0 Å². The summed E-state index contributed by atoms with van der Waals surface area (Å²) in [4.78, 5) is 25.9. The van der Waals surface area contributed by atoms with Crippen LogP contribution in [0.2, 0.25) is 0 Å². The minimum Gasteiger partial charge on any atom is -0.496 e. The summed E-state index contributed by atoms with van der Waals surface area (Å²) < 4.78 is 28.0. The molecule has 0 saturated heterocycles. The largest absolute Gasteiger partial charge is 0.496 e. The normalized spacial score (nSPS) is 17.2. The Morgan fingerprint density at radius 1 is 0.865 bits per heavy atom. The van der Waals surface area contributed by atoms with Gasteiger partial charge in [-0.3, -0.25) is 9.59 Å². The first-order chi connectivity index (χ1) is 17.8. The minimum absolute atomic E-state index is 0.139. The fourth-order valence-electron chi connectivity index (χ4n) is 4.81. The Balaban J connectivity index is 1.58. The Hall–Kier alpha value is -4.26. The lowest BCUT2D eigenvalue weighted by Crippen LogP contribution is -2.21. The number of fused-ring (bicyclic) bond motifs is 3. The summed E-state index contributed by atoms with van der Waals surface area (Å²) in [5.41, 5.74) is 3.89. The number of esters is 1. The predicted molar refractivity (Wildman–Crippen MR) is 138 cm³/mol. The highest BCUT2D eigenvalue weighted by molar-refractivity contribution is 6.15. The van der Waals surface area contributed by atoms with E-state index in [9.17, 15) is 9.59 Å². The van der Waals surface area contributed by atoms with Gasteiger partial charge in [-0.25, -0.2) is 0 Å². The van der Waals surface area contributed by atoms with E-state index in [4.69, 9.17) is 23.7 Å². The van der Waals surface area contributed by atoms with Crippen LogP contribution in [0.25, 0.3) is 6.08 Å². The van der Waals surface area contributed by atoms with Crippen LogP contribution < -0.4 is 23.7 Å². The van der Waals surface area contributed by atoms with Gasteiger partial charge in [0.25, 0.3) is 0 Å². The van der Waals surface area contributed by atoms with Gasteiger partial charge in [0.15, 0.2) is 17.3 Å². The lowest BCUT2D eigenvalue weighted by molar-refractivity contribution is -0.135. The van der Waals surface area contributed by atoms with Crippen LogP contribution in [-0.2, 0) is 4.79 Å². The number of ketones is 1. The van der Waals surface area contributed by atoms with E-state index in [0.717, 1.165) is 5.56 Å². The first kappa shape index (κ1) is 24.4. The number of carbonyl (C=O) groups is 2. The maximum Gasteiger partial charge on any atom is 0.312 e. The summed E-state index contributed by atoms with van der Waals surface area (Å²) in [6.07, 6.45) is 1.78. The zero-order valence-electron chi connectivity index (χ0n) is 21.4. The van der Waals surface area contributed by atoms with E-state index in [-0.39, 0.29) is 29.9 Å². The lowest BCUT2D eigenvalue weighted by Gasteiger charge is -2.26. The van der Waals surface area contributed by atoms with E-state index in [0.29, 0.717) is 51.4 Å². The van der Waals surface area contributed by atoms with Gasteiger partial charge in [-0.15, -0.1) is 0 Å². The number of rotatable bonds is 6. The molecule has 2 aliphatic rings. The van der Waals surface area contributed by atoms with Crippen molar-refractivity contribution in [2.45, 2.75) is 32.1 Å². The van der Waals surface area contributed by atoms with E-state index >= 15 is 0 Å². The van der Waals surface area contributed by atoms with Gasteiger partial charge < -0.3 is 23.7 Å². The minimum atomic E-state index is -0.319. The van der Waals surface area contributed by atoms with Crippen molar-refractivity contribution in [1.29, 1.82) is 0 Å². The third kappa shape index (κ3) is 4.31. The molecule has 7 heteroatoms. The molecule has 0 fully saturated rings. The number of carbonyl (C=O) groups excluding carboxylic acids is 2. The zero-order valence-corrected chi connectivity index (χ0v) is 21.4. The monoisotopic (exact) mass is 500 g/mol. The van der Waals surface area contributed by atoms with Gasteiger partial charge in [0, 0.05) is 23.1 Å². The average molecular weight is 501 g/mol. The van der Waals surface area contributed by atoms with Crippen LogP contribution in [0.5, 0.6) is 28.7 Å². The van der Waals surface area contributed by atoms with Gasteiger partial charge in [-0.1, -0.05) is 38.1 Å². The van der Waals surface area contributed by atoms with Gasteiger partial charge in [0.2, 0.25) is 5.78 Å². The fourth-order valence-corrected chi connectivity index (χ4v) is 4.81. The van der Waals surface area contributed by atoms with Gasteiger partial charge in [0.1, 0.15) is 17.2 Å². The number of benzene rings is 3. The second-order valence-electron chi connectivity index (χ2n) is 9.30. The highest BCUT2D eigenvalue weighted by Gasteiger charge is 2.38. The second kappa shape index (κ2) is 9.65. The van der Waals surface area contributed by atoms with Crippen molar-refractivity contribution in [3.05, 3.63) is 82.1 Å². The Kier molecular flexibility index (Phi) is 6.38. The third-order valence-electron chi connectivity index (χ3n) is 6.81. The number of ether oxygens (including phenoxy) is 5. The van der Waals surface area contributed by atoms with E-state index in [2.05, 4.69) is 26.0 Å². The highest BCUT2D eigenvalue weighted by atomic mass is 16.5. The van der Waals surface area contributed by atoms with Crippen molar-refractivity contribution >= 4 is 17.8 Å². The van der Waals surface area contributed by atoms with E-state index in [1.54, 1.807) is 37.5 Å². The Labute approximate surface area is 215 Å². The summed E-state index contributed by atoms with van der Waals surface area (Å²) in [5, 5.41) is 0. The van der Waals surface area contributed by atoms with Crippen LogP contribution in [0.15, 0.2) is 54.3 Å². The van der Waals surface area contributed by atoms with Crippen LogP contribution in [0, 0.1) is 0 Å². The number of hydrogen-bond donors (Lipinski definition) is 0. The van der Waals surface area contributed by atoms with Crippen molar-refractivity contribution in [2.75, 3.05) is 21.3 Å². The highest BCUT2D eigenvalue weighted by Crippen LogP contribution is 2.49. The molecule has 0 spiro atoms. The zero-order chi connectivity index (χ0) is 26.3. The molecule has 0 aromatic heterocycles. The SMILES string of the molecule is COc1cc(OC)c(OC)cc1/C=C1/Oc2c(ccc3c2[C@H](c2ccc(C(C)C)cc2)CC(=O)O3)C1=O. The Morgan fingerprint density at radius 3 is 2.19 bits per heavy atom. The number of Topliss-reactive ketones (excluding diaryl/α,β-unsaturated/α-hetero) is 1. The van der Waals surface area contributed by atoms with Crippen molar-refractivity contribution in [3.63, 3.8) is 0 Å². The summed E-state index contributed by atoms with van der Waals surface area (Å²) in [5.74, 6) is 1.97. The molecule has 0 bridgehead atoms. The molecule has 37 heavy (non-hydrogen) atoms. The van der Waals surface area contributed by atoms with Crippen molar-refractivity contribution in [1.82, 2.24) is 0 Å². The summed E-state index contributed by atoms with van der Waals surface area (Å²) >= 11 is 0. The topological polar surface area (TPSA) is 80.3 Å². The molecule has 1 atom stereocenters. The van der Waals surface area contributed by atoms with Gasteiger partial charge in [0.05, 0.1) is 33.3 Å². The molecule has 3 aromatic rings. The number of hydrogen-bond acceptors (Lipinski definition) is 7. The van der Waals surface area contributed by atoms with E-state index in [1.807, 2.05) is 12.1 Å². The molecule has 190 valence electrons. The Morgan fingerprint density at radius 2 is 1.54 bits per heavy atom. The predicted octanol–water partition coefficient (Wildman–Crippen LogP) is 5.89. The molecule has 2 aliphatic heterocycles. The summed E-state index contributed by atoms with van der Waals surface area (Å²) in [6, 6.07) is 14.9. The quantitative estimate of drug-likeness (QED) is 0.237. The maximum atomic E-state index is 13.4. The van der Waals surface area contributed by atoms with Crippen molar-refractivity contribution < 1.29 is 33.3 Å². The average Bonchev–Trinajstić information content (AvgIpc) is 3.22. The van der Waals surface area contributed by atoms with Crippen LogP contribution in [0.1, 0.15) is 64.7 Å². The molecule has 7 nitrogen and oxygen atoms in total. The fraction of sp³-hybridized carbons (Fsp3) is 0.267. The first-order valence-electron chi connectivity index (χ1n) is 12.1. The molecular formula is C30H28O7. The molecule has 5 rings (SSSR count). The molecule has 0 N–H and O–H groups in total. The molecule has 0 radical (unpaired) electrons. The molecular weight excluding hydrogens is 472 g/mol. The number of methoxy groups -OCH3 is 3. The van der Waals surface area contributed by atoms with Gasteiger partial charge in [-0.2, -0.15) is 0 Å². The lowest BCUT2D eigenvalue weighted by atomic mass is 9.84. The summed E-state index contributed by atoms with van der Waals surface area (Å²) in [7, 11) is 4.61. The molecule has 0 aliphatic carbocycles. The molecule has 2 heterocycles. The van der Waals surface area contributed by atoms with Crippen LogP contribution in [0.3, 0.4) is 0 Å².